The minimum Gasteiger partial charge on any atom is -0.497 e. The third kappa shape index (κ3) is 4.07. The Bertz CT molecular complexity index is 1370. The number of aromatic nitrogens is 3. The number of aldehydes is 1. The molecule has 0 saturated heterocycles. The summed E-state index contributed by atoms with van der Waals surface area (Å²) >= 11 is 0. The Hall–Kier alpha value is -4.07. The average Bonchev–Trinajstić information content (AvgIpc) is 3.25. The molecule has 2 aromatic carbocycles. The average molecular weight is 447 g/mol. The van der Waals surface area contributed by atoms with Crippen molar-refractivity contribution >= 4 is 17.2 Å². The summed E-state index contributed by atoms with van der Waals surface area (Å²) in [6.45, 7) is 2.69. The zero-order chi connectivity index (χ0) is 23.5. The van der Waals surface area contributed by atoms with Crippen LogP contribution in [0.5, 0.6) is 17.2 Å². The van der Waals surface area contributed by atoms with E-state index in [1.165, 1.54) is 4.57 Å². The van der Waals surface area contributed by atoms with Crippen molar-refractivity contribution in [3.63, 3.8) is 0 Å². The lowest BCUT2D eigenvalue weighted by Crippen LogP contribution is -2.20. The second kappa shape index (κ2) is 9.20. The van der Waals surface area contributed by atoms with E-state index in [0.29, 0.717) is 46.7 Å². The number of carbonyl (C=O) groups excluding carboxylic acids is 1. The highest BCUT2D eigenvalue weighted by molar-refractivity contribution is 5.97. The van der Waals surface area contributed by atoms with Crippen molar-refractivity contribution in [2.75, 3.05) is 20.8 Å². The molecule has 0 saturated carbocycles. The van der Waals surface area contributed by atoms with Gasteiger partial charge in [0, 0.05) is 29.8 Å². The maximum atomic E-state index is 13.1. The summed E-state index contributed by atoms with van der Waals surface area (Å²) in [6.07, 6.45) is 4.17. The van der Waals surface area contributed by atoms with Crippen LogP contribution in [0.25, 0.3) is 22.0 Å². The maximum absolute atomic E-state index is 13.1. The van der Waals surface area contributed by atoms with Gasteiger partial charge in [0.1, 0.15) is 22.8 Å². The Morgan fingerprint density at radius 1 is 1.03 bits per heavy atom. The molecule has 33 heavy (non-hydrogen) atoms. The summed E-state index contributed by atoms with van der Waals surface area (Å²) in [4.78, 5) is 24.6. The Morgan fingerprint density at radius 3 is 2.42 bits per heavy atom. The van der Waals surface area contributed by atoms with E-state index in [0.717, 1.165) is 23.2 Å². The lowest BCUT2D eigenvalue weighted by molar-refractivity contribution is 0.111. The number of hydrogen-bond donors (Lipinski definition) is 0. The third-order valence-electron chi connectivity index (χ3n) is 5.52. The molecule has 170 valence electrons. The normalized spacial score (nSPS) is 10.9. The SMILES string of the molecule is CCOc1cc(-c2cn(C)c(=O)c3c2cnn3Cc2ccc(OC)cc2)c(OC)cc1C=O. The van der Waals surface area contributed by atoms with Crippen molar-refractivity contribution in [2.45, 2.75) is 13.5 Å². The lowest BCUT2D eigenvalue weighted by Gasteiger charge is -2.15. The van der Waals surface area contributed by atoms with E-state index >= 15 is 0 Å². The summed E-state index contributed by atoms with van der Waals surface area (Å²) in [5.74, 6) is 1.72. The van der Waals surface area contributed by atoms with E-state index in [1.54, 1.807) is 50.5 Å². The number of pyridine rings is 1. The smallest absolute Gasteiger partial charge is 0.276 e. The monoisotopic (exact) mass is 447 g/mol. The molecule has 0 N–H and O–H groups in total. The van der Waals surface area contributed by atoms with Gasteiger partial charge in [-0.1, -0.05) is 12.1 Å². The quantitative estimate of drug-likeness (QED) is 0.383. The third-order valence-corrected chi connectivity index (χ3v) is 5.52. The van der Waals surface area contributed by atoms with Crippen LogP contribution in [-0.4, -0.2) is 41.5 Å². The molecular weight excluding hydrogens is 422 g/mol. The minimum atomic E-state index is -0.159. The highest BCUT2D eigenvalue weighted by atomic mass is 16.5. The molecule has 0 radical (unpaired) electrons. The van der Waals surface area contributed by atoms with Crippen LogP contribution in [0.1, 0.15) is 22.8 Å². The molecule has 4 aromatic rings. The van der Waals surface area contributed by atoms with Crippen LogP contribution < -0.4 is 19.8 Å². The van der Waals surface area contributed by atoms with Gasteiger partial charge >= 0.3 is 0 Å². The molecule has 0 fully saturated rings. The molecular formula is C25H25N3O5. The lowest BCUT2D eigenvalue weighted by atomic mass is 10.0. The molecule has 0 aliphatic rings. The molecule has 8 heteroatoms. The summed E-state index contributed by atoms with van der Waals surface area (Å²) in [6, 6.07) is 11.0. The molecule has 0 aliphatic carbocycles. The summed E-state index contributed by atoms with van der Waals surface area (Å²) in [5.41, 5.74) is 3.16. The first-order valence-electron chi connectivity index (χ1n) is 10.5. The fourth-order valence-electron chi connectivity index (χ4n) is 3.86. The van der Waals surface area contributed by atoms with Crippen LogP contribution in [-0.2, 0) is 13.6 Å². The molecule has 0 aliphatic heterocycles. The highest BCUT2D eigenvalue weighted by Gasteiger charge is 2.19. The molecule has 8 nitrogen and oxygen atoms in total. The second-order valence-electron chi connectivity index (χ2n) is 7.51. The molecule has 0 spiro atoms. The molecule has 4 rings (SSSR count). The van der Waals surface area contributed by atoms with Crippen molar-refractivity contribution in [3.8, 4) is 28.4 Å². The molecule has 2 heterocycles. The Balaban J connectivity index is 1.90. The van der Waals surface area contributed by atoms with Gasteiger partial charge in [-0.15, -0.1) is 0 Å². The van der Waals surface area contributed by atoms with Crippen LogP contribution in [0.2, 0.25) is 0 Å². The topological polar surface area (TPSA) is 84.6 Å². The summed E-state index contributed by atoms with van der Waals surface area (Å²) in [5, 5.41) is 5.20. The van der Waals surface area contributed by atoms with Gasteiger partial charge in [0.2, 0.25) is 0 Å². The molecule has 0 amide bonds. The predicted molar refractivity (Wildman–Crippen MR) is 126 cm³/mol. The minimum absolute atomic E-state index is 0.159. The van der Waals surface area contributed by atoms with Gasteiger partial charge in [0.05, 0.1) is 39.1 Å². The zero-order valence-corrected chi connectivity index (χ0v) is 19.0. The standard InChI is InChI=1S/C25H25N3O5/c1-5-33-22-11-19(23(32-4)10-17(22)15-29)21-14-27(2)25(30)24-20(21)12-26-28(24)13-16-6-8-18(31-3)9-7-16/h6-12,14-15H,5,13H2,1-4H3. The van der Waals surface area contributed by atoms with Gasteiger partial charge in [-0.05, 0) is 36.8 Å². The van der Waals surface area contributed by atoms with Crippen molar-refractivity contribution in [2.24, 2.45) is 7.05 Å². The fourth-order valence-corrected chi connectivity index (χ4v) is 3.86. The fraction of sp³-hybridized carbons (Fsp3) is 0.240. The van der Waals surface area contributed by atoms with Crippen LogP contribution in [0, 0.1) is 0 Å². The first kappa shape index (κ1) is 22.1. The van der Waals surface area contributed by atoms with Gasteiger partial charge in [0.25, 0.3) is 5.56 Å². The second-order valence-corrected chi connectivity index (χ2v) is 7.51. The van der Waals surface area contributed by atoms with E-state index in [9.17, 15) is 9.59 Å². The maximum Gasteiger partial charge on any atom is 0.276 e. The number of benzene rings is 2. The molecule has 0 bridgehead atoms. The summed E-state index contributed by atoms with van der Waals surface area (Å²) in [7, 11) is 4.86. The first-order chi connectivity index (χ1) is 16.0. The van der Waals surface area contributed by atoms with Gasteiger partial charge in [-0.2, -0.15) is 5.10 Å². The van der Waals surface area contributed by atoms with E-state index in [-0.39, 0.29) is 5.56 Å². The van der Waals surface area contributed by atoms with Gasteiger partial charge in [0.15, 0.2) is 6.29 Å². The number of methoxy groups -OCH3 is 2. The molecule has 0 atom stereocenters. The Kier molecular flexibility index (Phi) is 6.17. The van der Waals surface area contributed by atoms with Crippen LogP contribution in [0.4, 0.5) is 0 Å². The highest BCUT2D eigenvalue weighted by Crippen LogP contribution is 2.38. The van der Waals surface area contributed by atoms with E-state index in [4.69, 9.17) is 14.2 Å². The number of aryl methyl sites for hydroxylation is 1. The predicted octanol–water partition coefficient (Wildman–Crippen LogP) is 3.68. The van der Waals surface area contributed by atoms with Gasteiger partial charge in [-0.3, -0.25) is 14.3 Å². The van der Waals surface area contributed by atoms with Crippen LogP contribution in [0.3, 0.4) is 0 Å². The number of hydrogen-bond acceptors (Lipinski definition) is 6. The molecule has 0 unspecified atom stereocenters. The largest absolute Gasteiger partial charge is 0.497 e. The van der Waals surface area contributed by atoms with Crippen molar-refractivity contribution in [1.29, 1.82) is 0 Å². The number of ether oxygens (including phenoxy) is 3. The number of rotatable bonds is 8. The van der Waals surface area contributed by atoms with Gasteiger partial charge < -0.3 is 18.8 Å². The van der Waals surface area contributed by atoms with Crippen LogP contribution >= 0.6 is 0 Å². The molecule has 2 aromatic heterocycles. The Morgan fingerprint density at radius 2 is 1.79 bits per heavy atom. The number of carbonyl (C=O) groups is 1. The van der Waals surface area contributed by atoms with E-state index in [1.807, 2.05) is 31.2 Å². The van der Waals surface area contributed by atoms with Gasteiger partial charge in [-0.25, -0.2) is 0 Å². The number of nitrogens with zero attached hydrogens (tertiary/aromatic N) is 3. The van der Waals surface area contributed by atoms with Crippen LogP contribution in [0.15, 0.2) is 53.6 Å². The Labute approximate surface area is 190 Å². The van der Waals surface area contributed by atoms with E-state index in [2.05, 4.69) is 5.10 Å². The van der Waals surface area contributed by atoms with E-state index < -0.39 is 0 Å². The van der Waals surface area contributed by atoms with Crippen molar-refractivity contribution in [3.05, 3.63) is 70.3 Å². The first-order valence-corrected chi connectivity index (χ1v) is 10.5. The van der Waals surface area contributed by atoms with Crippen molar-refractivity contribution in [1.82, 2.24) is 14.3 Å². The summed E-state index contributed by atoms with van der Waals surface area (Å²) < 4.78 is 19.7. The zero-order valence-electron chi connectivity index (χ0n) is 19.0. The number of fused-ring (bicyclic) bond motifs is 1. The van der Waals surface area contributed by atoms with Crippen molar-refractivity contribution < 1.29 is 19.0 Å².